The van der Waals surface area contributed by atoms with Gasteiger partial charge in [-0.15, -0.1) is 0 Å². The Morgan fingerprint density at radius 1 is 1.24 bits per heavy atom. The summed E-state index contributed by atoms with van der Waals surface area (Å²) in [7, 11) is 1.55. The molecule has 0 aliphatic rings. The molecule has 0 spiro atoms. The van der Waals surface area contributed by atoms with Gasteiger partial charge in [0.1, 0.15) is 18.0 Å². The highest BCUT2D eigenvalue weighted by atomic mass is 127. The summed E-state index contributed by atoms with van der Waals surface area (Å²) in [5, 5.41) is 2.49. The van der Waals surface area contributed by atoms with Gasteiger partial charge >= 0.3 is 6.09 Å². The van der Waals surface area contributed by atoms with Gasteiger partial charge in [-0.2, -0.15) is 0 Å². The molecule has 0 atom stereocenters. The number of amides is 2. The second-order valence-electron chi connectivity index (χ2n) is 6.25. The van der Waals surface area contributed by atoms with E-state index >= 15 is 0 Å². The zero-order valence-electron chi connectivity index (χ0n) is 15.0. The Kier molecular flexibility index (Phi) is 8.74. The normalized spacial score (nSPS) is 11.2. The first-order valence-corrected chi connectivity index (χ1v) is 9.03. The first-order valence-electron chi connectivity index (χ1n) is 7.96. The Morgan fingerprint density at radius 3 is 2.44 bits per heavy atom. The van der Waals surface area contributed by atoms with E-state index in [0.717, 1.165) is 9.32 Å². The molecule has 0 saturated carbocycles. The molecule has 0 aliphatic heterocycles. The average molecular weight is 460 g/mol. The first-order chi connectivity index (χ1) is 11.7. The van der Waals surface area contributed by atoms with Crippen molar-refractivity contribution < 1.29 is 19.1 Å². The van der Waals surface area contributed by atoms with Crippen LogP contribution in [-0.2, 0) is 9.53 Å². The molecule has 0 heterocycles. The predicted molar refractivity (Wildman–Crippen MR) is 106 cm³/mol. The second kappa shape index (κ2) is 10.3. The van der Waals surface area contributed by atoms with Crippen molar-refractivity contribution in [2.45, 2.75) is 26.4 Å². The van der Waals surface area contributed by atoms with E-state index in [-0.39, 0.29) is 12.5 Å². The molecular formula is C18H25IN2O4. The lowest BCUT2D eigenvalue weighted by Gasteiger charge is -2.26. The summed E-state index contributed by atoms with van der Waals surface area (Å²) in [6.45, 7) is 6.37. The van der Waals surface area contributed by atoms with E-state index < -0.39 is 11.7 Å². The van der Waals surface area contributed by atoms with Crippen LogP contribution in [0.5, 0.6) is 5.75 Å². The Bertz CT molecular complexity index is 594. The highest BCUT2D eigenvalue weighted by Crippen LogP contribution is 2.14. The van der Waals surface area contributed by atoms with E-state index in [1.807, 2.05) is 45.0 Å². The summed E-state index contributed by atoms with van der Waals surface area (Å²) < 4.78 is 12.2. The highest BCUT2D eigenvalue weighted by molar-refractivity contribution is 14.1. The number of nitrogens with one attached hydrogen (secondary N) is 1. The number of likely N-dealkylation sites (N-methyl/N-ethyl adjacent to an activating group) is 1. The maximum atomic E-state index is 12.3. The van der Waals surface area contributed by atoms with Crippen LogP contribution in [-0.4, -0.2) is 49.2 Å². The molecule has 1 N–H and O–H groups in total. The van der Waals surface area contributed by atoms with Gasteiger partial charge in [-0.1, -0.05) is 6.08 Å². The third kappa shape index (κ3) is 9.33. The molecule has 0 unspecified atom stereocenters. The minimum Gasteiger partial charge on any atom is -0.492 e. The molecule has 138 valence electrons. The van der Waals surface area contributed by atoms with E-state index in [1.165, 1.54) is 11.0 Å². The fourth-order valence-electron chi connectivity index (χ4n) is 1.76. The number of hydrogen-bond donors (Lipinski definition) is 1. The molecule has 2 amide bonds. The van der Waals surface area contributed by atoms with Gasteiger partial charge in [0.05, 0.1) is 6.54 Å². The number of benzene rings is 1. The molecule has 0 radical (unpaired) electrons. The molecule has 6 nitrogen and oxygen atoms in total. The third-order valence-corrected chi connectivity index (χ3v) is 3.66. The third-order valence-electron chi connectivity index (χ3n) is 2.94. The number of ether oxygens (including phenoxy) is 2. The van der Waals surface area contributed by atoms with E-state index in [2.05, 4.69) is 27.9 Å². The van der Waals surface area contributed by atoms with Crippen LogP contribution in [0.4, 0.5) is 4.79 Å². The summed E-state index contributed by atoms with van der Waals surface area (Å²) in [5.41, 5.74) is -0.586. The molecule has 0 bridgehead atoms. The van der Waals surface area contributed by atoms with Gasteiger partial charge in [0.2, 0.25) is 5.91 Å². The number of nitrogens with zero attached hydrogens (tertiary/aromatic N) is 1. The van der Waals surface area contributed by atoms with Crippen molar-refractivity contribution in [3.8, 4) is 5.75 Å². The lowest BCUT2D eigenvalue weighted by atomic mass is 10.2. The summed E-state index contributed by atoms with van der Waals surface area (Å²) in [5.74, 6) is 0.518. The highest BCUT2D eigenvalue weighted by Gasteiger charge is 2.21. The molecule has 7 heteroatoms. The van der Waals surface area contributed by atoms with Crippen molar-refractivity contribution in [3.63, 3.8) is 0 Å². The van der Waals surface area contributed by atoms with E-state index in [9.17, 15) is 9.59 Å². The average Bonchev–Trinajstić information content (AvgIpc) is 2.53. The van der Waals surface area contributed by atoms with Crippen LogP contribution in [0, 0.1) is 3.57 Å². The number of hydrogen-bond acceptors (Lipinski definition) is 4. The molecule has 0 aromatic heterocycles. The van der Waals surface area contributed by atoms with Crippen LogP contribution in [0.3, 0.4) is 0 Å². The zero-order chi connectivity index (χ0) is 18.9. The zero-order valence-corrected chi connectivity index (χ0v) is 17.2. The lowest BCUT2D eigenvalue weighted by Crippen LogP contribution is -2.39. The van der Waals surface area contributed by atoms with Crippen molar-refractivity contribution in [2.24, 2.45) is 0 Å². The van der Waals surface area contributed by atoms with Crippen molar-refractivity contribution in [2.75, 3.05) is 26.7 Å². The summed E-state index contributed by atoms with van der Waals surface area (Å²) in [6.07, 6.45) is 2.56. The Hall–Kier alpha value is -1.77. The number of halogens is 1. The van der Waals surface area contributed by atoms with Crippen molar-refractivity contribution in [1.29, 1.82) is 0 Å². The summed E-state index contributed by atoms with van der Waals surface area (Å²) in [4.78, 5) is 25.1. The first kappa shape index (κ1) is 21.3. The van der Waals surface area contributed by atoms with Gasteiger partial charge in [-0.25, -0.2) is 4.79 Å². The SMILES string of the molecule is CNC(=O)/C=C/CN(CCOc1ccc(I)cc1)C(=O)OC(C)(C)C. The van der Waals surface area contributed by atoms with Gasteiger partial charge in [-0.3, -0.25) is 4.79 Å². The molecule has 1 aromatic rings. The standard InChI is InChI=1S/C18H25IN2O4/c1-18(2,3)25-17(23)21(11-5-6-16(22)20-4)12-13-24-15-9-7-14(19)8-10-15/h5-10H,11-13H2,1-4H3,(H,20,22)/b6-5+. The monoisotopic (exact) mass is 460 g/mol. The van der Waals surface area contributed by atoms with E-state index in [4.69, 9.17) is 9.47 Å². The minimum absolute atomic E-state index is 0.223. The van der Waals surface area contributed by atoms with E-state index in [1.54, 1.807) is 13.1 Å². The quantitative estimate of drug-likeness (QED) is 0.502. The van der Waals surface area contributed by atoms with Crippen molar-refractivity contribution in [1.82, 2.24) is 10.2 Å². The van der Waals surface area contributed by atoms with Crippen molar-refractivity contribution in [3.05, 3.63) is 40.0 Å². The number of rotatable bonds is 7. The Morgan fingerprint density at radius 2 is 1.88 bits per heavy atom. The number of carbonyl (C=O) groups excluding carboxylic acids is 2. The Balaban J connectivity index is 2.62. The molecule has 1 rings (SSSR count). The van der Waals surface area contributed by atoms with Crippen LogP contribution in [0.2, 0.25) is 0 Å². The lowest BCUT2D eigenvalue weighted by molar-refractivity contribution is -0.116. The topological polar surface area (TPSA) is 67.9 Å². The maximum absolute atomic E-state index is 12.3. The molecule has 1 aromatic carbocycles. The van der Waals surface area contributed by atoms with Gasteiger partial charge in [0.25, 0.3) is 0 Å². The van der Waals surface area contributed by atoms with Crippen LogP contribution in [0.15, 0.2) is 36.4 Å². The second-order valence-corrected chi connectivity index (χ2v) is 7.49. The minimum atomic E-state index is -0.586. The fraction of sp³-hybridized carbons (Fsp3) is 0.444. The van der Waals surface area contributed by atoms with Gasteiger partial charge in [0.15, 0.2) is 0 Å². The number of carbonyl (C=O) groups is 2. The Labute approximate surface area is 162 Å². The van der Waals surface area contributed by atoms with Crippen LogP contribution < -0.4 is 10.1 Å². The van der Waals surface area contributed by atoms with Gasteiger partial charge in [0, 0.05) is 23.2 Å². The van der Waals surface area contributed by atoms with Crippen LogP contribution in [0.25, 0.3) is 0 Å². The predicted octanol–water partition coefficient (Wildman–Crippen LogP) is 3.21. The fourth-order valence-corrected chi connectivity index (χ4v) is 2.12. The van der Waals surface area contributed by atoms with E-state index in [0.29, 0.717) is 13.2 Å². The molecule has 0 fully saturated rings. The molecular weight excluding hydrogens is 435 g/mol. The van der Waals surface area contributed by atoms with Crippen molar-refractivity contribution >= 4 is 34.6 Å². The van der Waals surface area contributed by atoms with Gasteiger partial charge in [-0.05, 0) is 67.6 Å². The molecule has 25 heavy (non-hydrogen) atoms. The largest absolute Gasteiger partial charge is 0.492 e. The maximum Gasteiger partial charge on any atom is 0.410 e. The van der Waals surface area contributed by atoms with Crippen LogP contribution in [0.1, 0.15) is 20.8 Å². The van der Waals surface area contributed by atoms with Crippen LogP contribution >= 0.6 is 22.6 Å². The van der Waals surface area contributed by atoms with Gasteiger partial charge < -0.3 is 19.7 Å². The molecule has 0 saturated heterocycles. The summed E-state index contributed by atoms with van der Waals surface area (Å²) in [6, 6.07) is 7.66. The summed E-state index contributed by atoms with van der Waals surface area (Å²) >= 11 is 2.22. The smallest absolute Gasteiger partial charge is 0.410 e. The molecule has 0 aliphatic carbocycles.